The highest BCUT2D eigenvalue weighted by Gasteiger charge is 2.41. The van der Waals surface area contributed by atoms with Crippen LogP contribution < -0.4 is 15.1 Å². The second-order valence-electron chi connectivity index (χ2n) is 9.59. The average Bonchev–Trinajstić information content (AvgIpc) is 2.96. The van der Waals surface area contributed by atoms with Crippen LogP contribution in [0.15, 0.2) is 69.9 Å². The molecule has 0 aliphatic carbocycles. The molecule has 8 nitrogen and oxygen atoms in total. The number of benzene rings is 3. The van der Waals surface area contributed by atoms with E-state index in [1.807, 2.05) is 9.80 Å². The van der Waals surface area contributed by atoms with Gasteiger partial charge in [-0.15, -0.1) is 0 Å². The molecule has 1 aliphatic rings. The van der Waals surface area contributed by atoms with Gasteiger partial charge in [-0.1, -0.05) is 12.1 Å². The Kier molecular flexibility index (Phi) is 8.08. The molecular formula is C30H26F4N2O6. The van der Waals surface area contributed by atoms with Gasteiger partial charge in [0.15, 0.2) is 0 Å². The number of hydrogen-bond donors (Lipinski definition) is 1. The molecule has 1 aliphatic heterocycles. The number of phenols is 1. The molecule has 3 aromatic carbocycles. The highest BCUT2D eigenvalue weighted by Crippen LogP contribution is 2.40. The fraction of sp³-hybridized carbons (Fsp3) is 0.267. The molecular weight excluding hydrogens is 560 g/mol. The normalized spacial score (nSPS) is 14.3. The number of piperazine rings is 1. The van der Waals surface area contributed by atoms with Crippen LogP contribution in [0.3, 0.4) is 0 Å². The van der Waals surface area contributed by atoms with E-state index in [2.05, 4.69) is 0 Å². The van der Waals surface area contributed by atoms with E-state index >= 15 is 0 Å². The van der Waals surface area contributed by atoms with Gasteiger partial charge in [-0.25, -0.2) is 9.18 Å². The zero-order valence-electron chi connectivity index (χ0n) is 22.4. The average molecular weight is 587 g/mol. The van der Waals surface area contributed by atoms with Crippen molar-refractivity contribution in [2.45, 2.75) is 19.6 Å². The first-order valence-electron chi connectivity index (χ1n) is 13.1. The second-order valence-corrected chi connectivity index (χ2v) is 9.59. The van der Waals surface area contributed by atoms with Gasteiger partial charge in [-0.2, -0.15) is 13.2 Å². The third kappa shape index (κ3) is 5.89. The Labute approximate surface area is 237 Å². The number of alkyl halides is 3. The fourth-order valence-electron chi connectivity index (χ4n) is 4.79. The Bertz CT molecular complexity index is 1660. The Balaban J connectivity index is 1.45. The molecule has 1 aromatic heterocycles. The van der Waals surface area contributed by atoms with Crippen LogP contribution in [0.25, 0.3) is 11.0 Å². The molecule has 220 valence electrons. The molecule has 0 unspecified atom stereocenters. The maximum Gasteiger partial charge on any atom is 0.453 e. The standard InChI is InChI=1S/C30H26F4N2O6/c1-2-40-29(39)18-7-9-19(10-8-18)41-27-25(38)20-11-12-24(37)21(26(20)42-28(27)30(32,33)34)17-35-13-15-36(16-14-35)23-6-4-3-5-22(23)31/h3-12,37H,2,13-17H2,1H3. The van der Waals surface area contributed by atoms with Crippen molar-refractivity contribution in [3.05, 3.63) is 93.6 Å². The molecule has 1 saturated heterocycles. The third-order valence-corrected chi connectivity index (χ3v) is 6.89. The Morgan fingerprint density at radius 1 is 1.00 bits per heavy atom. The van der Waals surface area contributed by atoms with Crippen molar-refractivity contribution in [1.82, 2.24) is 4.90 Å². The van der Waals surface area contributed by atoms with E-state index in [-0.39, 0.29) is 47.0 Å². The van der Waals surface area contributed by atoms with Crippen molar-refractivity contribution in [2.75, 3.05) is 37.7 Å². The van der Waals surface area contributed by atoms with Crippen LogP contribution in [-0.2, 0) is 17.5 Å². The summed E-state index contributed by atoms with van der Waals surface area (Å²) in [5, 5.41) is 10.4. The molecule has 42 heavy (non-hydrogen) atoms. The number of halogens is 4. The fourth-order valence-corrected chi connectivity index (χ4v) is 4.79. The molecule has 0 saturated carbocycles. The smallest absolute Gasteiger partial charge is 0.453 e. The van der Waals surface area contributed by atoms with Crippen LogP contribution in [0.2, 0.25) is 0 Å². The van der Waals surface area contributed by atoms with Crippen molar-refractivity contribution in [2.24, 2.45) is 0 Å². The lowest BCUT2D eigenvalue weighted by Gasteiger charge is -2.36. The minimum Gasteiger partial charge on any atom is -0.507 e. The molecule has 0 radical (unpaired) electrons. The van der Waals surface area contributed by atoms with Crippen LogP contribution in [0.1, 0.15) is 28.6 Å². The molecule has 2 heterocycles. The molecule has 5 rings (SSSR count). The second kappa shape index (κ2) is 11.7. The summed E-state index contributed by atoms with van der Waals surface area (Å²) >= 11 is 0. The van der Waals surface area contributed by atoms with Crippen LogP contribution in [0, 0.1) is 5.82 Å². The monoisotopic (exact) mass is 586 g/mol. The van der Waals surface area contributed by atoms with Crippen LogP contribution >= 0.6 is 0 Å². The third-order valence-electron chi connectivity index (χ3n) is 6.89. The van der Waals surface area contributed by atoms with Gasteiger partial charge in [0.25, 0.3) is 5.76 Å². The van der Waals surface area contributed by atoms with Crippen LogP contribution in [0.4, 0.5) is 23.2 Å². The van der Waals surface area contributed by atoms with Gasteiger partial charge < -0.3 is 23.9 Å². The lowest BCUT2D eigenvalue weighted by Crippen LogP contribution is -2.46. The van der Waals surface area contributed by atoms with Crippen molar-refractivity contribution in [3.8, 4) is 17.2 Å². The van der Waals surface area contributed by atoms with Crippen molar-refractivity contribution in [3.63, 3.8) is 0 Å². The van der Waals surface area contributed by atoms with Gasteiger partial charge in [0.2, 0.25) is 11.2 Å². The van der Waals surface area contributed by atoms with E-state index in [0.717, 1.165) is 0 Å². The number of phenolic OH excluding ortho intramolecular Hbond substituents is 1. The van der Waals surface area contributed by atoms with E-state index in [1.54, 1.807) is 25.1 Å². The number of fused-ring (bicyclic) bond motifs is 1. The molecule has 1 fully saturated rings. The number of aromatic hydroxyl groups is 1. The summed E-state index contributed by atoms with van der Waals surface area (Å²) in [6.07, 6.45) is -5.11. The number of anilines is 1. The van der Waals surface area contributed by atoms with E-state index in [1.165, 1.54) is 42.5 Å². The summed E-state index contributed by atoms with van der Waals surface area (Å²) < 4.78 is 72.2. The highest BCUT2D eigenvalue weighted by atomic mass is 19.4. The SMILES string of the molecule is CCOC(=O)c1ccc(Oc2c(C(F)(F)F)oc3c(CN4CCN(c5ccccc5F)CC4)c(O)ccc3c2=O)cc1. The number of nitrogens with zero attached hydrogens (tertiary/aromatic N) is 2. The number of para-hydroxylation sites is 1. The van der Waals surface area contributed by atoms with E-state index in [0.29, 0.717) is 31.9 Å². The predicted molar refractivity (Wildman–Crippen MR) is 146 cm³/mol. The largest absolute Gasteiger partial charge is 0.507 e. The number of esters is 1. The number of carbonyl (C=O) groups excluding carboxylic acids is 1. The number of ether oxygens (including phenoxy) is 2. The molecule has 4 aromatic rings. The zero-order chi connectivity index (χ0) is 30.0. The summed E-state index contributed by atoms with van der Waals surface area (Å²) in [4.78, 5) is 29.0. The Morgan fingerprint density at radius 3 is 2.33 bits per heavy atom. The van der Waals surface area contributed by atoms with Gasteiger partial charge in [-0.3, -0.25) is 9.69 Å². The van der Waals surface area contributed by atoms with Gasteiger partial charge in [0, 0.05) is 32.7 Å². The van der Waals surface area contributed by atoms with Gasteiger partial charge >= 0.3 is 12.1 Å². The maximum atomic E-state index is 14.2. The summed E-state index contributed by atoms with van der Waals surface area (Å²) in [6, 6.07) is 13.8. The zero-order valence-corrected chi connectivity index (χ0v) is 22.4. The summed E-state index contributed by atoms with van der Waals surface area (Å²) in [7, 11) is 0. The topological polar surface area (TPSA) is 92.5 Å². The van der Waals surface area contributed by atoms with Gasteiger partial charge in [0.1, 0.15) is 22.9 Å². The van der Waals surface area contributed by atoms with Crippen molar-refractivity contribution < 1.29 is 41.4 Å². The van der Waals surface area contributed by atoms with Crippen LogP contribution in [-0.4, -0.2) is 48.8 Å². The summed E-state index contributed by atoms with van der Waals surface area (Å²) in [5.41, 5.74) is -0.869. The minimum absolute atomic E-state index is 0.00987. The number of carbonyl (C=O) groups is 1. The van der Waals surface area contributed by atoms with Gasteiger partial charge in [0.05, 0.1) is 28.8 Å². The number of hydrogen-bond acceptors (Lipinski definition) is 8. The first kappa shape index (κ1) is 28.9. The Morgan fingerprint density at radius 2 is 1.69 bits per heavy atom. The molecule has 0 amide bonds. The predicted octanol–water partition coefficient (Wildman–Crippen LogP) is 5.95. The summed E-state index contributed by atoms with van der Waals surface area (Å²) in [5.74, 6) is -4.18. The quantitative estimate of drug-likeness (QED) is 0.210. The summed E-state index contributed by atoms with van der Waals surface area (Å²) in [6.45, 7) is 3.49. The van der Waals surface area contributed by atoms with Crippen molar-refractivity contribution in [1.29, 1.82) is 0 Å². The molecule has 1 N–H and O–H groups in total. The molecule has 0 bridgehead atoms. The maximum absolute atomic E-state index is 14.2. The lowest BCUT2D eigenvalue weighted by atomic mass is 10.1. The van der Waals surface area contributed by atoms with Crippen molar-refractivity contribution >= 4 is 22.6 Å². The highest BCUT2D eigenvalue weighted by molar-refractivity contribution is 5.89. The minimum atomic E-state index is -5.11. The van der Waals surface area contributed by atoms with E-state index < -0.39 is 34.7 Å². The molecule has 0 atom stereocenters. The number of rotatable bonds is 7. The molecule has 12 heteroatoms. The van der Waals surface area contributed by atoms with E-state index in [4.69, 9.17) is 13.9 Å². The lowest BCUT2D eigenvalue weighted by molar-refractivity contribution is -0.154. The first-order valence-corrected chi connectivity index (χ1v) is 13.1. The first-order chi connectivity index (χ1) is 20.1. The van der Waals surface area contributed by atoms with E-state index in [9.17, 15) is 32.3 Å². The Hall–Kier alpha value is -4.58. The molecule has 0 spiro atoms. The van der Waals surface area contributed by atoms with Gasteiger partial charge in [-0.05, 0) is 55.5 Å². The van der Waals surface area contributed by atoms with Crippen LogP contribution in [0.5, 0.6) is 17.2 Å².